The normalized spacial score (nSPS) is 25.8. The van der Waals surface area contributed by atoms with Gasteiger partial charge < -0.3 is 10.5 Å². The smallest absolute Gasteiger partial charge is 0.340 e. The van der Waals surface area contributed by atoms with Crippen molar-refractivity contribution in [3.05, 3.63) is 58.1 Å². The van der Waals surface area contributed by atoms with Gasteiger partial charge >= 0.3 is 5.97 Å². The third kappa shape index (κ3) is 3.95. The number of carbonyl (C=O) groups excluding carboxylic acids is 3. The van der Waals surface area contributed by atoms with Crippen molar-refractivity contribution < 1.29 is 19.1 Å². The summed E-state index contributed by atoms with van der Waals surface area (Å²) in [5.74, 6) is 0.560. The molecule has 0 aromatic heterocycles. The van der Waals surface area contributed by atoms with Gasteiger partial charge in [-0.15, -0.1) is 23.4 Å². The maximum atomic E-state index is 13.4. The first-order valence-electron chi connectivity index (χ1n) is 12.0. The number of hydrogen-bond acceptors (Lipinski definition) is 6. The lowest BCUT2D eigenvalue weighted by Crippen LogP contribution is -2.38. The Hall–Kier alpha value is -2.31. The Bertz CT molecular complexity index is 1180. The predicted octanol–water partition coefficient (Wildman–Crippen LogP) is 5.89. The Morgan fingerprint density at radius 2 is 1.79 bits per heavy atom. The van der Waals surface area contributed by atoms with E-state index < -0.39 is 5.97 Å². The molecule has 7 heteroatoms. The van der Waals surface area contributed by atoms with Crippen molar-refractivity contribution in [1.82, 2.24) is 0 Å². The molecule has 178 valence electrons. The van der Waals surface area contributed by atoms with Gasteiger partial charge in [0.15, 0.2) is 11.6 Å². The molecule has 2 saturated carbocycles. The van der Waals surface area contributed by atoms with Crippen molar-refractivity contribution >= 4 is 46.6 Å². The topological polar surface area (TPSA) is 86.5 Å². The number of alkyl halides is 1. The number of ether oxygens (including phenoxy) is 1. The first kappa shape index (κ1) is 23.4. The highest BCUT2D eigenvalue weighted by atomic mass is 35.5. The van der Waals surface area contributed by atoms with Gasteiger partial charge in [0, 0.05) is 27.0 Å². The van der Waals surface area contributed by atoms with Crippen LogP contribution in [0.25, 0.3) is 0 Å². The lowest BCUT2D eigenvalue weighted by molar-refractivity contribution is -0.000174. The minimum absolute atomic E-state index is 0.0282. The lowest BCUT2D eigenvalue weighted by atomic mass is 9.70. The molecule has 3 aliphatic carbocycles. The number of thioether (sulfide) groups is 1. The maximum absolute atomic E-state index is 13.4. The second kappa shape index (κ2) is 9.38. The summed E-state index contributed by atoms with van der Waals surface area (Å²) >= 11 is 7.97. The summed E-state index contributed by atoms with van der Waals surface area (Å²) in [7, 11) is 0. The Morgan fingerprint density at radius 1 is 1.09 bits per heavy atom. The van der Waals surface area contributed by atoms with Gasteiger partial charge in [0.2, 0.25) is 0 Å². The molecule has 4 atom stereocenters. The van der Waals surface area contributed by atoms with Gasteiger partial charge in [-0.1, -0.05) is 37.6 Å². The summed E-state index contributed by atoms with van der Waals surface area (Å²) < 4.78 is 5.93. The van der Waals surface area contributed by atoms with Gasteiger partial charge in [0.1, 0.15) is 6.10 Å². The molecule has 34 heavy (non-hydrogen) atoms. The van der Waals surface area contributed by atoms with Gasteiger partial charge in [0.25, 0.3) is 0 Å². The van der Waals surface area contributed by atoms with E-state index in [9.17, 15) is 14.4 Å². The number of nitrogens with two attached hydrogens (primary N) is 1. The van der Waals surface area contributed by atoms with Crippen LogP contribution in [0, 0.1) is 11.8 Å². The van der Waals surface area contributed by atoms with Gasteiger partial charge in [0.05, 0.1) is 16.8 Å². The summed E-state index contributed by atoms with van der Waals surface area (Å²) in [6.45, 7) is 1.96. The molecular weight excluding hydrogens is 470 g/mol. The molecule has 2 N–H and O–H groups in total. The van der Waals surface area contributed by atoms with E-state index in [1.54, 1.807) is 30.3 Å². The number of benzene rings is 2. The molecular formula is C27H28ClNO4S. The second-order valence-corrected chi connectivity index (χ2v) is 11.3. The second-order valence-electron chi connectivity index (χ2n) is 9.43. The average molecular weight is 498 g/mol. The van der Waals surface area contributed by atoms with E-state index >= 15 is 0 Å². The van der Waals surface area contributed by atoms with Gasteiger partial charge in [-0.3, -0.25) is 9.59 Å². The molecule has 2 fully saturated rings. The van der Waals surface area contributed by atoms with E-state index in [2.05, 4.69) is 0 Å². The fraction of sp³-hybridized carbons (Fsp3) is 0.444. The van der Waals surface area contributed by atoms with E-state index in [0.29, 0.717) is 39.2 Å². The van der Waals surface area contributed by atoms with Crippen molar-refractivity contribution in [2.24, 2.45) is 11.8 Å². The highest BCUT2D eigenvalue weighted by Gasteiger charge is 2.39. The van der Waals surface area contributed by atoms with E-state index in [0.717, 1.165) is 38.5 Å². The van der Waals surface area contributed by atoms with Gasteiger partial charge in [-0.2, -0.15) is 0 Å². The van der Waals surface area contributed by atoms with Crippen LogP contribution < -0.4 is 5.73 Å². The van der Waals surface area contributed by atoms with Crippen molar-refractivity contribution in [3.8, 4) is 0 Å². The number of esters is 1. The van der Waals surface area contributed by atoms with Crippen LogP contribution in [0.2, 0.25) is 0 Å². The molecule has 0 bridgehead atoms. The molecule has 0 aliphatic heterocycles. The molecule has 2 aromatic rings. The number of fused-ring (bicyclic) bond motifs is 3. The number of anilines is 1. The number of nitrogen functional groups attached to an aromatic ring is 1. The monoisotopic (exact) mass is 497 g/mol. The van der Waals surface area contributed by atoms with Crippen molar-refractivity contribution in [3.63, 3.8) is 0 Å². The van der Waals surface area contributed by atoms with Crippen LogP contribution in [-0.2, 0) is 4.74 Å². The first-order valence-corrected chi connectivity index (χ1v) is 13.5. The Labute approximate surface area is 208 Å². The highest BCUT2D eigenvalue weighted by molar-refractivity contribution is 7.99. The molecule has 3 aliphatic rings. The Morgan fingerprint density at radius 3 is 2.50 bits per heavy atom. The fourth-order valence-corrected chi connectivity index (χ4v) is 7.22. The van der Waals surface area contributed by atoms with Crippen LogP contribution in [0.3, 0.4) is 0 Å². The summed E-state index contributed by atoms with van der Waals surface area (Å²) in [5, 5.41) is 0.215. The molecule has 0 saturated heterocycles. The molecule has 0 amide bonds. The van der Waals surface area contributed by atoms with Crippen LogP contribution in [0.5, 0.6) is 0 Å². The minimum atomic E-state index is -0.529. The SMILES string of the molecule is CCSc1cc(C(=O)OC2CCC3C(Cl)CCCC3C2)c(N)c2c1C(=O)c1ccccc1C2=O. The quantitative estimate of drug-likeness (QED) is 0.209. The van der Waals surface area contributed by atoms with Crippen LogP contribution in [-0.4, -0.2) is 34.8 Å². The molecule has 4 unspecified atom stereocenters. The number of carbonyl (C=O) groups is 3. The average Bonchev–Trinajstić information content (AvgIpc) is 2.83. The zero-order valence-corrected chi connectivity index (χ0v) is 20.7. The Kier molecular flexibility index (Phi) is 6.47. The number of hydrogen-bond donors (Lipinski definition) is 1. The van der Waals surface area contributed by atoms with Crippen LogP contribution >= 0.6 is 23.4 Å². The van der Waals surface area contributed by atoms with E-state index in [-0.39, 0.29) is 39.9 Å². The number of halogens is 1. The lowest BCUT2D eigenvalue weighted by Gasteiger charge is -2.41. The summed E-state index contributed by atoms with van der Waals surface area (Å²) in [6.07, 6.45) is 5.66. The van der Waals surface area contributed by atoms with E-state index in [1.807, 2.05) is 6.92 Å². The van der Waals surface area contributed by atoms with Crippen LogP contribution in [0.4, 0.5) is 5.69 Å². The van der Waals surface area contributed by atoms with Crippen LogP contribution in [0.1, 0.15) is 87.6 Å². The summed E-state index contributed by atoms with van der Waals surface area (Å²) in [5.41, 5.74) is 7.70. The van der Waals surface area contributed by atoms with E-state index in [1.165, 1.54) is 11.8 Å². The van der Waals surface area contributed by atoms with Crippen LogP contribution in [0.15, 0.2) is 35.2 Å². The van der Waals surface area contributed by atoms with Crippen molar-refractivity contribution in [1.29, 1.82) is 0 Å². The van der Waals surface area contributed by atoms with E-state index in [4.69, 9.17) is 22.1 Å². The standard InChI is InChI=1S/C27H28ClNO4S/c1-2-34-21-13-19(27(32)33-15-10-11-16-14(12-15)6-5-9-20(16)28)24(29)23-22(21)25(30)17-7-3-4-8-18(17)26(23)31/h3-4,7-8,13-16,20H,2,5-6,9-12,29H2,1H3. The maximum Gasteiger partial charge on any atom is 0.340 e. The largest absolute Gasteiger partial charge is 0.459 e. The van der Waals surface area contributed by atoms with Crippen molar-refractivity contribution in [2.45, 2.75) is 61.8 Å². The molecule has 0 radical (unpaired) electrons. The molecule has 0 spiro atoms. The first-order chi connectivity index (χ1) is 16.4. The number of ketones is 2. The molecule has 5 nitrogen and oxygen atoms in total. The third-order valence-electron chi connectivity index (χ3n) is 7.51. The minimum Gasteiger partial charge on any atom is -0.459 e. The van der Waals surface area contributed by atoms with Gasteiger partial charge in [-0.25, -0.2) is 4.79 Å². The number of rotatable bonds is 4. The highest BCUT2D eigenvalue weighted by Crippen LogP contribution is 2.44. The van der Waals surface area contributed by atoms with Crippen molar-refractivity contribution in [2.75, 3.05) is 11.5 Å². The summed E-state index contributed by atoms with van der Waals surface area (Å²) in [6, 6.07) is 8.37. The summed E-state index contributed by atoms with van der Waals surface area (Å²) in [4.78, 5) is 40.6. The zero-order valence-electron chi connectivity index (χ0n) is 19.1. The Balaban J connectivity index is 1.47. The molecule has 5 rings (SSSR count). The third-order valence-corrected chi connectivity index (χ3v) is 8.97. The molecule has 2 aromatic carbocycles. The van der Waals surface area contributed by atoms with Gasteiger partial charge in [-0.05, 0) is 55.8 Å². The molecule has 0 heterocycles. The fourth-order valence-electron chi connectivity index (χ4n) is 5.88. The predicted molar refractivity (Wildman–Crippen MR) is 134 cm³/mol. The zero-order chi connectivity index (χ0) is 24.0.